The molecule has 18 heavy (non-hydrogen) atoms. The van der Waals surface area contributed by atoms with Gasteiger partial charge in [0.05, 0.1) is 11.9 Å². The zero-order valence-electron chi connectivity index (χ0n) is 10.1. The van der Waals surface area contributed by atoms with Crippen LogP contribution in [-0.4, -0.2) is 4.98 Å². The molecule has 2 nitrogen and oxygen atoms in total. The number of benzene rings is 1. The van der Waals surface area contributed by atoms with Gasteiger partial charge in [-0.3, -0.25) is 0 Å². The lowest BCUT2D eigenvalue weighted by Crippen LogP contribution is -2.00. The van der Waals surface area contributed by atoms with Crippen LogP contribution in [0.4, 0.5) is 5.69 Å². The van der Waals surface area contributed by atoms with Gasteiger partial charge in [0.1, 0.15) is 4.60 Å². The van der Waals surface area contributed by atoms with Crippen molar-refractivity contribution < 1.29 is 0 Å². The summed E-state index contributed by atoms with van der Waals surface area (Å²) in [7, 11) is 0. The Morgan fingerprint density at radius 1 is 1.22 bits per heavy atom. The van der Waals surface area contributed by atoms with Crippen molar-refractivity contribution in [3.05, 3.63) is 58.3 Å². The standard InChI is InChI=1S/C15H15BrN2/c16-15-7-6-14(10-18-15)17-9-11-2-1-3-13(8-11)12-4-5-12/h1-3,6-8,10,12,17H,4-5,9H2. The van der Waals surface area contributed by atoms with Gasteiger partial charge >= 0.3 is 0 Å². The molecule has 0 radical (unpaired) electrons. The van der Waals surface area contributed by atoms with Gasteiger partial charge in [0, 0.05) is 6.54 Å². The Balaban J connectivity index is 1.65. The van der Waals surface area contributed by atoms with E-state index < -0.39 is 0 Å². The maximum Gasteiger partial charge on any atom is 0.106 e. The van der Waals surface area contributed by atoms with Gasteiger partial charge < -0.3 is 5.32 Å². The lowest BCUT2D eigenvalue weighted by Gasteiger charge is -2.07. The molecule has 0 atom stereocenters. The van der Waals surface area contributed by atoms with Crippen LogP contribution in [-0.2, 0) is 6.54 Å². The molecule has 92 valence electrons. The number of halogens is 1. The Morgan fingerprint density at radius 2 is 2.11 bits per heavy atom. The first-order valence-corrected chi connectivity index (χ1v) is 7.05. The first kappa shape index (κ1) is 11.7. The summed E-state index contributed by atoms with van der Waals surface area (Å²) in [6, 6.07) is 12.9. The van der Waals surface area contributed by atoms with Crippen LogP contribution in [0.5, 0.6) is 0 Å². The highest BCUT2D eigenvalue weighted by atomic mass is 79.9. The van der Waals surface area contributed by atoms with E-state index in [0.717, 1.165) is 22.8 Å². The predicted octanol–water partition coefficient (Wildman–Crippen LogP) is 4.33. The average molecular weight is 303 g/mol. The fraction of sp³-hybridized carbons (Fsp3) is 0.267. The molecular weight excluding hydrogens is 288 g/mol. The summed E-state index contributed by atoms with van der Waals surface area (Å²) in [6.45, 7) is 0.851. The zero-order valence-corrected chi connectivity index (χ0v) is 11.7. The zero-order chi connectivity index (χ0) is 12.4. The molecule has 1 saturated carbocycles. The molecule has 1 N–H and O–H groups in total. The Morgan fingerprint density at radius 3 is 2.83 bits per heavy atom. The third-order valence-corrected chi connectivity index (χ3v) is 3.69. The largest absolute Gasteiger partial charge is 0.380 e. The molecule has 2 aromatic rings. The summed E-state index contributed by atoms with van der Waals surface area (Å²) < 4.78 is 0.865. The minimum Gasteiger partial charge on any atom is -0.380 e. The van der Waals surface area contributed by atoms with Gasteiger partial charge in [-0.25, -0.2) is 4.98 Å². The number of pyridine rings is 1. The third-order valence-electron chi connectivity index (χ3n) is 3.22. The van der Waals surface area contributed by atoms with Crippen LogP contribution in [0.25, 0.3) is 0 Å². The number of nitrogens with zero attached hydrogens (tertiary/aromatic N) is 1. The SMILES string of the molecule is Brc1ccc(NCc2cccc(C3CC3)c2)cn1. The van der Waals surface area contributed by atoms with E-state index in [2.05, 4.69) is 50.5 Å². The maximum absolute atomic E-state index is 4.20. The summed E-state index contributed by atoms with van der Waals surface area (Å²) in [5, 5.41) is 3.39. The fourth-order valence-corrected chi connectivity index (χ4v) is 2.29. The average Bonchev–Trinajstić information content (AvgIpc) is 3.23. The predicted molar refractivity (Wildman–Crippen MR) is 77.7 cm³/mol. The van der Waals surface area contributed by atoms with Crippen LogP contribution in [0.1, 0.15) is 29.9 Å². The first-order valence-electron chi connectivity index (χ1n) is 6.25. The molecule has 1 aromatic heterocycles. The highest BCUT2D eigenvalue weighted by Gasteiger charge is 2.23. The Labute approximate surface area is 116 Å². The summed E-state index contributed by atoms with van der Waals surface area (Å²) in [6.07, 6.45) is 4.55. The number of aromatic nitrogens is 1. The Kier molecular flexibility index (Phi) is 3.33. The maximum atomic E-state index is 4.20. The van der Waals surface area contributed by atoms with Crippen molar-refractivity contribution in [1.82, 2.24) is 4.98 Å². The van der Waals surface area contributed by atoms with Crippen molar-refractivity contribution in [3.63, 3.8) is 0 Å². The molecular formula is C15H15BrN2. The smallest absolute Gasteiger partial charge is 0.106 e. The molecule has 1 aliphatic rings. The summed E-state index contributed by atoms with van der Waals surface area (Å²) in [5.74, 6) is 0.819. The van der Waals surface area contributed by atoms with Crippen LogP contribution in [0.3, 0.4) is 0 Å². The van der Waals surface area contributed by atoms with E-state index in [9.17, 15) is 0 Å². The number of anilines is 1. The van der Waals surface area contributed by atoms with Crippen molar-refractivity contribution in [1.29, 1.82) is 0 Å². The molecule has 0 amide bonds. The number of rotatable bonds is 4. The lowest BCUT2D eigenvalue weighted by molar-refractivity contribution is 1.08. The van der Waals surface area contributed by atoms with Gasteiger partial charge in [0.15, 0.2) is 0 Å². The number of hydrogen-bond acceptors (Lipinski definition) is 2. The van der Waals surface area contributed by atoms with E-state index in [4.69, 9.17) is 0 Å². The van der Waals surface area contributed by atoms with E-state index in [1.165, 1.54) is 24.0 Å². The molecule has 0 aliphatic heterocycles. The minimum atomic E-state index is 0.819. The van der Waals surface area contributed by atoms with Crippen molar-refractivity contribution in [3.8, 4) is 0 Å². The summed E-state index contributed by atoms with van der Waals surface area (Å²) in [5.41, 5.74) is 3.88. The molecule has 1 aromatic carbocycles. The molecule has 3 rings (SSSR count). The van der Waals surface area contributed by atoms with Crippen LogP contribution in [0.2, 0.25) is 0 Å². The summed E-state index contributed by atoms with van der Waals surface area (Å²) >= 11 is 3.33. The molecule has 0 spiro atoms. The van der Waals surface area contributed by atoms with Gasteiger partial charge in [0.2, 0.25) is 0 Å². The van der Waals surface area contributed by atoms with E-state index in [1.54, 1.807) is 0 Å². The molecule has 0 saturated heterocycles. The van der Waals surface area contributed by atoms with Crippen molar-refractivity contribution in [2.24, 2.45) is 0 Å². The molecule has 1 fully saturated rings. The van der Waals surface area contributed by atoms with E-state index >= 15 is 0 Å². The summed E-state index contributed by atoms with van der Waals surface area (Å²) in [4.78, 5) is 4.20. The van der Waals surface area contributed by atoms with Gasteiger partial charge in [0.25, 0.3) is 0 Å². The Hall–Kier alpha value is -1.35. The van der Waals surface area contributed by atoms with E-state index in [1.807, 2.05) is 18.3 Å². The van der Waals surface area contributed by atoms with E-state index in [0.29, 0.717) is 0 Å². The normalized spacial score (nSPS) is 14.5. The van der Waals surface area contributed by atoms with Crippen LogP contribution < -0.4 is 5.32 Å². The molecule has 1 aliphatic carbocycles. The second-order valence-electron chi connectivity index (χ2n) is 4.74. The lowest BCUT2D eigenvalue weighted by atomic mass is 10.1. The van der Waals surface area contributed by atoms with Crippen molar-refractivity contribution in [2.45, 2.75) is 25.3 Å². The topological polar surface area (TPSA) is 24.9 Å². The van der Waals surface area contributed by atoms with Crippen LogP contribution in [0.15, 0.2) is 47.2 Å². The Bertz CT molecular complexity index is 532. The highest BCUT2D eigenvalue weighted by molar-refractivity contribution is 9.10. The van der Waals surface area contributed by atoms with Crippen molar-refractivity contribution in [2.75, 3.05) is 5.32 Å². The third kappa shape index (κ3) is 2.91. The molecule has 1 heterocycles. The minimum absolute atomic E-state index is 0.819. The molecule has 0 unspecified atom stereocenters. The number of hydrogen-bond donors (Lipinski definition) is 1. The second-order valence-corrected chi connectivity index (χ2v) is 5.55. The highest BCUT2D eigenvalue weighted by Crippen LogP contribution is 2.40. The quantitative estimate of drug-likeness (QED) is 0.850. The fourth-order valence-electron chi connectivity index (χ4n) is 2.06. The van der Waals surface area contributed by atoms with Crippen LogP contribution in [0, 0.1) is 0 Å². The van der Waals surface area contributed by atoms with Gasteiger partial charge in [-0.2, -0.15) is 0 Å². The number of nitrogens with one attached hydrogen (secondary N) is 1. The molecule has 3 heteroatoms. The monoisotopic (exact) mass is 302 g/mol. The van der Waals surface area contributed by atoms with Crippen molar-refractivity contribution >= 4 is 21.6 Å². The molecule has 0 bridgehead atoms. The second kappa shape index (κ2) is 5.11. The van der Waals surface area contributed by atoms with Crippen LogP contribution >= 0.6 is 15.9 Å². The van der Waals surface area contributed by atoms with Gasteiger partial charge in [-0.05, 0) is 57.9 Å². The van der Waals surface area contributed by atoms with Gasteiger partial charge in [-0.1, -0.05) is 24.3 Å². The first-order chi connectivity index (χ1) is 8.81. The van der Waals surface area contributed by atoms with E-state index in [-0.39, 0.29) is 0 Å². The van der Waals surface area contributed by atoms with Gasteiger partial charge in [-0.15, -0.1) is 0 Å².